The summed E-state index contributed by atoms with van der Waals surface area (Å²) in [4.78, 5) is 32.7. The van der Waals surface area contributed by atoms with E-state index in [1.165, 1.54) is 0 Å². The van der Waals surface area contributed by atoms with Gasteiger partial charge in [-0.1, -0.05) is 0 Å². The number of hydrogen-bond donors (Lipinski definition) is 1. The van der Waals surface area contributed by atoms with E-state index < -0.39 is 0 Å². The number of hydrogen-bond acceptors (Lipinski definition) is 6. The average molecular weight is 420 g/mol. The number of piperidine rings is 1. The zero-order chi connectivity index (χ0) is 21.3. The monoisotopic (exact) mass is 419 g/mol. The van der Waals surface area contributed by atoms with Gasteiger partial charge < -0.3 is 19.7 Å². The van der Waals surface area contributed by atoms with Crippen molar-refractivity contribution in [3.8, 4) is 11.5 Å². The molecule has 2 fully saturated rings. The molecule has 0 aromatic heterocycles. The smallest absolute Gasteiger partial charge is 0.251 e. The van der Waals surface area contributed by atoms with Gasteiger partial charge >= 0.3 is 0 Å². The Hall–Kier alpha value is -2.32. The first kappa shape index (κ1) is 22.4. The molecule has 0 saturated carbocycles. The van der Waals surface area contributed by atoms with Crippen LogP contribution >= 0.6 is 0 Å². The molecule has 2 aliphatic rings. The van der Waals surface area contributed by atoms with E-state index >= 15 is 0 Å². The van der Waals surface area contributed by atoms with E-state index in [4.69, 9.17) is 14.3 Å². The van der Waals surface area contributed by atoms with Gasteiger partial charge in [-0.05, 0) is 43.7 Å². The topological polar surface area (TPSA) is 80.3 Å². The molecule has 1 aromatic rings. The number of ether oxygens (including phenoxy) is 2. The molecule has 2 aliphatic heterocycles. The first-order valence-electron chi connectivity index (χ1n) is 10.8. The van der Waals surface area contributed by atoms with Crippen molar-refractivity contribution in [2.75, 3.05) is 53.6 Å². The molecule has 0 radical (unpaired) electrons. The highest BCUT2D eigenvalue weighted by Crippen LogP contribution is 2.23. The van der Waals surface area contributed by atoms with Gasteiger partial charge in [0, 0.05) is 50.8 Å². The molecule has 8 heteroatoms. The normalized spacial score (nSPS) is 19.9. The van der Waals surface area contributed by atoms with Crippen molar-refractivity contribution in [1.82, 2.24) is 15.3 Å². The number of benzene rings is 1. The molecule has 2 saturated heterocycles. The summed E-state index contributed by atoms with van der Waals surface area (Å²) in [5.41, 5.74) is 0.497. The van der Waals surface area contributed by atoms with Gasteiger partial charge in [-0.25, -0.2) is 0 Å². The Morgan fingerprint density at radius 3 is 2.53 bits per heavy atom. The van der Waals surface area contributed by atoms with Crippen LogP contribution in [0.1, 0.15) is 42.5 Å². The molecule has 0 bridgehead atoms. The number of likely N-dealkylation sites (tertiary alicyclic amines) is 1. The molecule has 1 aromatic carbocycles. The quantitative estimate of drug-likeness (QED) is 0.695. The fourth-order valence-electron chi connectivity index (χ4n) is 3.94. The predicted molar refractivity (Wildman–Crippen MR) is 113 cm³/mol. The summed E-state index contributed by atoms with van der Waals surface area (Å²) in [6, 6.07) is 5.12. The van der Waals surface area contributed by atoms with Crippen LogP contribution < -0.4 is 14.8 Å². The maximum atomic E-state index is 12.6. The third-order valence-corrected chi connectivity index (χ3v) is 5.69. The average Bonchev–Trinajstić information content (AvgIpc) is 2.81. The van der Waals surface area contributed by atoms with Gasteiger partial charge in [-0.2, -0.15) is 5.06 Å². The Kier molecular flexibility index (Phi) is 8.33. The summed E-state index contributed by atoms with van der Waals surface area (Å²) in [5.74, 6) is 1.40. The second kappa shape index (κ2) is 11.2. The van der Waals surface area contributed by atoms with Crippen molar-refractivity contribution in [2.24, 2.45) is 5.92 Å². The Bertz CT molecular complexity index is 698. The number of hydroxylamine groups is 2. The van der Waals surface area contributed by atoms with Gasteiger partial charge in [0.1, 0.15) is 11.5 Å². The summed E-state index contributed by atoms with van der Waals surface area (Å²) in [5, 5.41) is 4.91. The third kappa shape index (κ3) is 6.34. The van der Waals surface area contributed by atoms with Crippen molar-refractivity contribution in [3.05, 3.63) is 23.8 Å². The highest BCUT2D eigenvalue weighted by atomic mass is 16.7. The standard InChI is InChI=1S/C22H33N3O5/c1-28-19-12-18(13-20(14-19)29-2)22(27)23-15-17-6-5-8-24(16-17)21(26)7-10-25-9-3-4-11-30-25/h12-14,17H,3-11,15-16H2,1-2H3,(H,23,27)/t17-/m0/s1. The number of nitrogens with zero attached hydrogens (tertiary/aromatic N) is 2. The Balaban J connectivity index is 1.46. The van der Waals surface area contributed by atoms with Crippen molar-refractivity contribution in [1.29, 1.82) is 0 Å². The highest BCUT2D eigenvalue weighted by Gasteiger charge is 2.25. The summed E-state index contributed by atoms with van der Waals surface area (Å²) in [6.07, 6.45) is 4.65. The number of amides is 2. The second-order valence-electron chi connectivity index (χ2n) is 7.88. The molecule has 1 N–H and O–H groups in total. The van der Waals surface area contributed by atoms with Crippen molar-refractivity contribution < 1.29 is 23.9 Å². The molecule has 1 atom stereocenters. The molecular formula is C22H33N3O5. The second-order valence-corrected chi connectivity index (χ2v) is 7.88. The van der Waals surface area contributed by atoms with E-state index in [-0.39, 0.29) is 17.7 Å². The molecule has 166 valence electrons. The van der Waals surface area contributed by atoms with E-state index in [2.05, 4.69) is 5.32 Å². The first-order chi connectivity index (χ1) is 14.6. The van der Waals surface area contributed by atoms with Gasteiger partial charge in [0.2, 0.25) is 5.91 Å². The van der Waals surface area contributed by atoms with Crippen LogP contribution in [0.5, 0.6) is 11.5 Å². The van der Waals surface area contributed by atoms with Crippen LogP contribution in [-0.4, -0.2) is 75.3 Å². The zero-order valence-electron chi connectivity index (χ0n) is 18.0. The maximum absolute atomic E-state index is 12.6. The van der Waals surface area contributed by atoms with Gasteiger partial charge in [-0.3, -0.25) is 14.4 Å². The van der Waals surface area contributed by atoms with Gasteiger partial charge in [0.05, 0.1) is 20.8 Å². The third-order valence-electron chi connectivity index (χ3n) is 5.69. The van der Waals surface area contributed by atoms with Crippen LogP contribution in [-0.2, 0) is 9.63 Å². The first-order valence-corrected chi connectivity index (χ1v) is 10.8. The molecule has 0 unspecified atom stereocenters. The SMILES string of the molecule is COc1cc(OC)cc(C(=O)NC[C@@H]2CCCN(C(=O)CCN3CCCCO3)C2)c1. The lowest BCUT2D eigenvalue weighted by atomic mass is 9.97. The molecule has 2 heterocycles. The molecular weight excluding hydrogens is 386 g/mol. The van der Waals surface area contributed by atoms with Gasteiger partial charge in [0.25, 0.3) is 5.91 Å². The largest absolute Gasteiger partial charge is 0.497 e. The molecule has 2 amide bonds. The predicted octanol–water partition coefficient (Wildman–Crippen LogP) is 2.09. The summed E-state index contributed by atoms with van der Waals surface area (Å²) in [6.45, 7) is 4.31. The van der Waals surface area contributed by atoms with E-state index in [0.29, 0.717) is 43.1 Å². The van der Waals surface area contributed by atoms with Crippen LogP contribution in [0, 0.1) is 5.92 Å². The Labute approximate surface area is 178 Å². The Morgan fingerprint density at radius 1 is 1.10 bits per heavy atom. The van der Waals surface area contributed by atoms with E-state index in [0.717, 1.165) is 45.4 Å². The minimum Gasteiger partial charge on any atom is -0.497 e. The van der Waals surface area contributed by atoms with E-state index in [1.54, 1.807) is 32.4 Å². The van der Waals surface area contributed by atoms with Crippen LogP contribution in [0.25, 0.3) is 0 Å². The van der Waals surface area contributed by atoms with Gasteiger partial charge in [0.15, 0.2) is 0 Å². The number of nitrogens with one attached hydrogen (secondary N) is 1. The number of carbonyl (C=O) groups is 2. The van der Waals surface area contributed by atoms with Gasteiger partial charge in [-0.15, -0.1) is 0 Å². The minimum atomic E-state index is -0.169. The van der Waals surface area contributed by atoms with Crippen molar-refractivity contribution >= 4 is 11.8 Å². The molecule has 0 aliphatic carbocycles. The van der Waals surface area contributed by atoms with E-state index in [9.17, 15) is 9.59 Å². The number of carbonyl (C=O) groups excluding carboxylic acids is 2. The summed E-state index contributed by atoms with van der Waals surface area (Å²) < 4.78 is 10.5. The van der Waals surface area contributed by atoms with Crippen LogP contribution in [0.4, 0.5) is 0 Å². The molecule has 0 spiro atoms. The fraction of sp³-hybridized carbons (Fsp3) is 0.636. The van der Waals surface area contributed by atoms with Crippen LogP contribution in [0.3, 0.4) is 0 Å². The van der Waals surface area contributed by atoms with Crippen LogP contribution in [0.15, 0.2) is 18.2 Å². The lowest BCUT2D eigenvalue weighted by Crippen LogP contribution is -2.44. The summed E-state index contributed by atoms with van der Waals surface area (Å²) >= 11 is 0. The maximum Gasteiger partial charge on any atom is 0.251 e. The molecule has 30 heavy (non-hydrogen) atoms. The van der Waals surface area contributed by atoms with Crippen molar-refractivity contribution in [3.63, 3.8) is 0 Å². The lowest BCUT2D eigenvalue weighted by molar-refractivity contribution is -0.182. The lowest BCUT2D eigenvalue weighted by Gasteiger charge is -2.33. The van der Waals surface area contributed by atoms with Crippen LogP contribution in [0.2, 0.25) is 0 Å². The summed E-state index contributed by atoms with van der Waals surface area (Å²) in [7, 11) is 3.11. The molecule has 8 nitrogen and oxygen atoms in total. The fourth-order valence-corrected chi connectivity index (χ4v) is 3.94. The Morgan fingerprint density at radius 2 is 1.87 bits per heavy atom. The number of rotatable bonds is 8. The number of methoxy groups -OCH3 is 2. The van der Waals surface area contributed by atoms with Crippen molar-refractivity contribution in [2.45, 2.75) is 32.1 Å². The zero-order valence-corrected chi connectivity index (χ0v) is 18.0. The van der Waals surface area contributed by atoms with E-state index in [1.807, 2.05) is 9.96 Å². The minimum absolute atomic E-state index is 0.165. The molecule has 3 rings (SSSR count). The highest BCUT2D eigenvalue weighted by molar-refractivity contribution is 5.95.